The van der Waals surface area contributed by atoms with Gasteiger partial charge in [0.25, 0.3) is 0 Å². The quantitative estimate of drug-likeness (QED) is 0.643. The van der Waals surface area contributed by atoms with E-state index >= 15 is 0 Å². The number of anilines is 1. The molecule has 136 valence electrons. The van der Waals surface area contributed by atoms with Gasteiger partial charge in [0.05, 0.1) is 30.4 Å². The van der Waals surface area contributed by atoms with Crippen molar-refractivity contribution in [3.8, 4) is 17.1 Å². The summed E-state index contributed by atoms with van der Waals surface area (Å²) < 4.78 is 12.4. The van der Waals surface area contributed by atoms with Gasteiger partial charge in [-0.2, -0.15) is 0 Å². The molecule has 7 nitrogen and oxygen atoms in total. The summed E-state index contributed by atoms with van der Waals surface area (Å²) >= 11 is 7.26. The van der Waals surface area contributed by atoms with Gasteiger partial charge in [0.1, 0.15) is 11.5 Å². The molecule has 0 saturated carbocycles. The highest BCUT2D eigenvalue weighted by Crippen LogP contribution is 2.29. The van der Waals surface area contributed by atoms with Gasteiger partial charge in [-0.25, -0.2) is 0 Å². The van der Waals surface area contributed by atoms with Crippen LogP contribution in [0.4, 0.5) is 5.69 Å². The van der Waals surface area contributed by atoms with E-state index in [1.54, 1.807) is 24.5 Å². The first-order chi connectivity index (χ1) is 12.5. The van der Waals surface area contributed by atoms with Gasteiger partial charge in [-0.1, -0.05) is 23.4 Å². The Morgan fingerprint density at radius 1 is 1.38 bits per heavy atom. The van der Waals surface area contributed by atoms with E-state index in [1.807, 2.05) is 24.6 Å². The predicted octanol–water partition coefficient (Wildman–Crippen LogP) is 3.78. The number of halogens is 1. The number of ether oxygens (including phenoxy) is 1. The van der Waals surface area contributed by atoms with E-state index in [9.17, 15) is 4.79 Å². The summed E-state index contributed by atoms with van der Waals surface area (Å²) in [7, 11) is 3.38. The summed E-state index contributed by atoms with van der Waals surface area (Å²) in [4.78, 5) is 12.3. The maximum absolute atomic E-state index is 12.3. The Bertz CT molecular complexity index is 938. The van der Waals surface area contributed by atoms with Crippen LogP contribution in [0.2, 0.25) is 5.02 Å². The number of benzene rings is 1. The number of nitrogens with one attached hydrogen (secondary N) is 1. The predicted molar refractivity (Wildman–Crippen MR) is 101 cm³/mol. The zero-order valence-corrected chi connectivity index (χ0v) is 16.0. The lowest BCUT2D eigenvalue weighted by Crippen LogP contribution is -2.15. The molecule has 0 aliphatic rings. The second-order valence-electron chi connectivity index (χ2n) is 5.44. The highest BCUT2D eigenvalue weighted by molar-refractivity contribution is 7.99. The van der Waals surface area contributed by atoms with Gasteiger partial charge in [0.2, 0.25) is 5.91 Å². The second kappa shape index (κ2) is 7.84. The number of furan rings is 1. The Hall–Kier alpha value is -2.45. The zero-order valence-electron chi connectivity index (χ0n) is 14.4. The molecule has 0 radical (unpaired) electrons. The van der Waals surface area contributed by atoms with Crippen molar-refractivity contribution in [1.29, 1.82) is 0 Å². The number of aromatic nitrogens is 3. The summed E-state index contributed by atoms with van der Waals surface area (Å²) in [6.45, 7) is 1.86. The van der Waals surface area contributed by atoms with Crippen LogP contribution in [-0.4, -0.2) is 33.5 Å². The van der Waals surface area contributed by atoms with Gasteiger partial charge < -0.3 is 19.0 Å². The lowest BCUT2D eigenvalue weighted by molar-refractivity contribution is -0.113. The molecule has 0 spiro atoms. The minimum atomic E-state index is -0.195. The Balaban J connectivity index is 1.67. The third-order valence-electron chi connectivity index (χ3n) is 3.70. The smallest absolute Gasteiger partial charge is 0.234 e. The van der Waals surface area contributed by atoms with Gasteiger partial charge in [0, 0.05) is 12.1 Å². The first kappa shape index (κ1) is 18.3. The number of aryl methyl sites for hydroxylation is 1. The topological polar surface area (TPSA) is 82.2 Å². The van der Waals surface area contributed by atoms with Gasteiger partial charge >= 0.3 is 0 Å². The molecule has 9 heteroatoms. The van der Waals surface area contributed by atoms with Crippen LogP contribution < -0.4 is 10.1 Å². The third kappa shape index (κ3) is 3.86. The maximum atomic E-state index is 12.3. The van der Waals surface area contributed by atoms with Gasteiger partial charge in [-0.15, -0.1) is 10.2 Å². The van der Waals surface area contributed by atoms with E-state index in [1.165, 1.54) is 18.9 Å². The number of carbonyl (C=O) groups is 1. The Kier molecular flexibility index (Phi) is 5.53. The second-order valence-corrected chi connectivity index (χ2v) is 6.82. The van der Waals surface area contributed by atoms with E-state index in [-0.39, 0.29) is 11.7 Å². The van der Waals surface area contributed by atoms with Crippen LogP contribution in [-0.2, 0) is 11.8 Å². The average Bonchev–Trinajstić information content (AvgIpc) is 3.18. The molecule has 1 amide bonds. The number of hydrogen-bond acceptors (Lipinski definition) is 6. The van der Waals surface area contributed by atoms with Gasteiger partial charge in [-0.3, -0.25) is 4.79 Å². The molecule has 3 rings (SSSR count). The monoisotopic (exact) mass is 392 g/mol. The molecule has 0 fully saturated rings. The highest BCUT2D eigenvalue weighted by atomic mass is 35.5. The van der Waals surface area contributed by atoms with Crippen molar-refractivity contribution in [2.24, 2.45) is 7.05 Å². The summed E-state index contributed by atoms with van der Waals surface area (Å²) in [5, 5.41) is 12.3. The number of rotatable bonds is 6. The standard InChI is InChI=1S/C17H17ClN4O3S/c1-10-12(6-7-25-10)16-20-21-17(22(16)2)26-9-15(23)19-13-8-11(18)4-5-14(13)24-3/h4-8H,9H2,1-3H3,(H,19,23). The van der Waals surface area contributed by atoms with E-state index in [4.69, 9.17) is 20.8 Å². The van der Waals surface area contributed by atoms with Crippen molar-refractivity contribution in [3.05, 3.63) is 41.3 Å². The lowest BCUT2D eigenvalue weighted by atomic mass is 10.2. The van der Waals surface area contributed by atoms with Gasteiger partial charge in [0.15, 0.2) is 11.0 Å². The summed E-state index contributed by atoms with van der Waals surface area (Å²) in [5.41, 5.74) is 1.40. The zero-order chi connectivity index (χ0) is 18.7. The van der Waals surface area contributed by atoms with Crippen molar-refractivity contribution in [2.45, 2.75) is 12.1 Å². The van der Waals surface area contributed by atoms with Crippen molar-refractivity contribution in [1.82, 2.24) is 14.8 Å². The summed E-state index contributed by atoms with van der Waals surface area (Å²) in [6, 6.07) is 6.88. The number of amides is 1. The van der Waals surface area contributed by atoms with Crippen LogP contribution in [0.25, 0.3) is 11.4 Å². The summed E-state index contributed by atoms with van der Waals surface area (Å²) in [5.74, 6) is 1.98. The minimum absolute atomic E-state index is 0.173. The molecule has 0 bridgehead atoms. The molecule has 0 unspecified atom stereocenters. The highest BCUT2D eigenvalue weighted by Gasteiger charge is 2.16. The normalized spacial score (nSPS) is 10.8. The van der Waals surface area contributed by atoms with Crippen molar-refractivity contribution < 1.29 is 13.9 Å². The Morgan fingerprint density at radius 2 is 2.19 bits per heavy atom. The number of carbonyl (C=O) groups excluding carboxylic acids is 1. The van der Waals surface area contributed by atoms with E-state index in [0.29, 0.717) is 27.4 Å². The number of hydrogen-bond donors (Lipinski definition) is 1. The van der Waals surface area contributed by atoms with Crippen LogP contribution in [0.5, 0.6) is 5.75 Å². The first-order valence-corrected chi connectivity index (χ1v) is 9.06. The fraction of sp³-hybridized carbons (Fsp3) is 0.235. The molecular formula is C17H17ClN4O3S. The SMILES string of the molecule is COc1ccc(Cl)cc1NC(=O)CSc1nnc(-c2ccoc2C)n1C. The molecule has 2 heterocycles. The largest absolute Gasteiger partial charge is 0.495 e. The van der Waals surface area contributed by atoms with Crippen LogP contribution in [0.15, 0.2) is 40.1 Å². The number of methoxy groups -OCH3 is 1. The van der Waals surface area contributed by atoms with Crippen molar-refractivity contribution in [3.63, 3.8) is 0 Å². The fourth-order valence-electron chi connectivity index (χ4n) is 2.39. The summed E-state index contributed by atoms with van der Waals surface area (Å²) in [6.07, 6.45) is 1.61. The van der Waals surface area contributed by atoms with E-state index in [0.717, 1.165) is 11.3 Å². The fourth-order valence-corrected chi connectivity index (χ4v) is 3.27. The third-order valence-corrected chi connectivity index (χ3v) is 4.96. The maximum Gasteiger partial charge on any atom is 0.234 e. The van der Waals surface area contributed by atoms with Crippen molar-refractivity contribution in [2.75, 3.05) is 18.2 Å². The average molecular weight is 393 g/mol. The minimum Gasteiger partial charge on any atom is -0.495 e. The molecule has 0 saturated heterocycles. The first-order valence-electron chi connectivity index (χ1n) is 7.69. The Labute approximate surface area is 159 Å². The molecule has 1 N–H and O–H groups in total. The molecule has 2 aromatic heterocycles. The lowest BCUT2D eigenvalue weighted by Gasteiger charge is -2.10. The molecule has 0 aliphatic heterocycles. The van der Waals surface area contributed by atoms with Crippen LogP contribution in [0.1, 0.15) is 5.76 Å². The Morgan fingerprint density at radius 3 is 2.88 bits per heavy atom. The van der Waals surface area contributed by atoms with Crippen molar-refractivity contribution >= 4 is 35.0 Å². The molecule has 1 aromatic carbocycles. The van der Waals surface area contributed by atoms with E-state index in [2.05, 4.69) is 15.5 Å². The number of thioether (sulfide) groups is 1. The van der Waals surface area contributed by atoms with E-state index < -0.39 is 0 Å². The number of nitrogens with zero attached hydrogens (tertiary/aromatic N) is 3. The van der Waals surface area contributed by atoms with Gasteiger partial charge in [-0.05, 0) is 31.2 Å². The van der Waals surface area contributed by atoms with Crippen LogP contribution in [0.3, 0.4) is 0 Å². The van der Waals surface area contributed by atoms with Crippen LogP contribution >= 0.6 is 23.4 Å². The molecule has 0 atom stereocenters. The van der Waals surface area contributed by atoms with Crippen LogP contribution in [0, 0.1) is 6.92 Å². The molecule has 0 aliphatic carbocycles. The molecule has 26 heavy (non-hydrogen) atoms. The molecular weight excluding hydrogens is 376 g/mol. The molecule has 3 aromatic rings.